The number of hydrogen-bond donors (Lipinski definition) is 0. The Morgan fingerprint density at radius 2 is 1.93 bits per heavy atom. The van der Waals surface area contributed by atoms with Gasteiger partial charge < -0.3 is 4.90 Å². The first-order chi connectivity index (χ1) is 13.1. The van der Waals surface area contributed by atoms with E-state index in [1.54, 1.807) is 4.90 Å². The van der Waals surface area contributed by atoms with Crippen LogP contribution in [-0.2, 0) is 4.79 Å². The summed E-state index contributed by atoms with van der Waals surface area (Å²) in [6.45, 7) is 6.57. The molecule has 2 aliphatic heterocycles. The summed E-state index contributed by atoms with van der Waals surface area (Å²) >= 11 is 6.74. The summed E-state index contributed by atoms with van der Waals surface area (Å²) in [6, 6.07) is 10.2. The third-order valence-electron chi connectivity index (χ3n) is 4.95. The Balaban J connectivity index is 1.83. The summed E-state index contributed by atoms with van der Waals surface area (Å²) in [5, 5.41) is 4.81. The van der Waals surface area contributed by atoms with E-state index >= 15 is 0 Å². The molecule has 4 rings (SSSR count). The van der Waals surface area contributed by atoms with Crippen LogP contribution in [-0.4, -0.2) is 44.5 Å². The molecule has 1 aromatic carbocycles. The van der Waals surface area contributed by atoms with Crippen LogP contribution in [0.15, 0.2) is 35.2 Å². The van der Waals surface area contributed by atoms with Crippen molar-refractivity contribution in [3.8, 4) is 5.69 Å². The highest BCUT2D eigenvalue weighted by atomic mass is 32.2. The molecular formula is C20H22N4OS2. The molecule has 2 fully saturated rings. The van der Waals surface area contributed by atoms with Crippen LogP contribution in [0, 0.1) is 6.92 Å². The van der Waals surface area contributed by atoms with E-state index in [4.69, 9.17) is 17.3 Å². The standard InChI is InChI=1S/C20H22N4OS2/c1-3-23-19(25)17(27-20(23)26)13-16-14(2)21-24(15-9-5-4-6-10-15)18(16)22-11-7-8-12-22/h4-6,9-10,13H,3,7-8,11-12H2,1-2H3. The molecule has 1 amide bonds. The molecule has 140 valence electrons. The lowest BCUT2D eigenvalue weighted by atomic mass is 10.2. The molecule has 0 radical (unpaired) electrons. The minimum atomic E-state index is -0.00765. The monoisotopic (exact) mass is 398 g/mol. The number of amides is 1. The molecular weight excluding hydrogens is 376 g/mol. The predicted molar refractivity (Wildman–Crippen MR) is 115 cm³/mol. The molecule has 0 bridgehead atoms. The Morgan fingerprint density at radius 3 is 2.56 bits per heavy atom. The second kappa shape index (κ2) is 7.48. The van der Waals surface area contributed by atoms with Crippen LogP contribution in [0.2, 0.25) is 0 Å². The minimum absolute atomic E-state index is 0.00765. The topological polar surface area (TPSA) is 41.4 Å². The molecule has 3 heterocycles. The summed E-state index contributed by atoms with van der Waals surface area (Å²) in [5.74, 6) is 1.06. The highest BCUT2D eigenvalue weighted by molar-refractivity contribution is 8.26. The van der Waals surface area contributed by atoms with Gasteiger partial charge in [0, 0.05) is 25.2 Å². The van der Waals surface area contributed by atoms with E-state index in [0.717, 1.165) is 35.9 Å². The number of rotatable bonds is 4. The maximum absolute atomic E-state index is 12.7. The van der Waals surface area contributed by atoms with E-state index in [-0.39, 0.29) is 5.91 Å². The van der Waals surface area contributed by atoms with Crippen molar-refractivity contribution >= 4 is 46.1 Å². The third kappa shape index (κ3) is 3.30. The zero-order chi connectivity index (χ0) is 19.0. The summed E-state index contributed by atoms with van der Waals surface area (Å²) in [6.07, 6.45) is 4.33. The Bertz CT molecular complexity index is 914. The highest BCUT2D eigenvalue weighted by Gasteiger charge is 2.32. The van der Waals surface area contributed by atoms with Gasteiger partial charge in [0.05, 0.1) is 16.3 Å². The van der Waals surface area contributed by atoms with Gasteiger partial charge in [0.2, 0.25) is 0 Å². The summed E-state index contributed by atoms with van der Waals surface area (Å²) < 4.78 is 2.64. The Morgan fingerprint density at radius 1 is 1.22 bits per heavy atom. The van der Waals surface area contributed by atoms with Crippen molar-refractivity contribution in [3.05, 3.63) is 46.5 Å². The zero-order valence-corrected chi connectivity index (χ0v) is 17.1. The number of hydrogen-bond acceptors (Lipinski definition) is 5. The van der Waals surface area contributed by atoms with Gasteiger partial charge in [-0.3, -0.25) is 9.69 Å². The SMILES string of the molecule is CCN1C(=O)C(=Cc2c(C)nn(-c3ccccc3)c2N2CCCC2)SC1=S. The van der Waals surface area contributed by atoms with Crippen LogP contribution >= 0.6 is 24.0 Å². The van der Waals surface area contributed by atoms with Gasteiger partial charge in [-0.15, -0.1) is 0 Å². The average molecular weight is 399 g/mol. The lowest BCUT2D eigenvalue weighted by Gasteiger charge is -2.20. The zero-order valence-electron chi connectivity index (χ0n) is 15.5. The van der Waals surface area contributed by atoms with Crippen molar-refractivity contribution in [2.45, 2.75) is 26.7 Å². The molecule has 0 saturated carbocycles. The van der Waals surface area contributed by atoms with Gasteiger partial charge in [0.1, 0.15) is 10.1 Å². The number of thioether (sulfide) groups is 1. The second-order valence-electron chi connectivity index (χ2n) is 6.69. The van der Waals surface area contributed by atoms with Crippen molar-refractivity contribution < 1.29 is 4.79 Å². The van der Waals surface area contributed by atoms with E-state index in [1.807, 2.05) is 42.8 Å². The number of aryl methyl sites for hydroxylation is 1. The van der Waals surface area contributed by atoms with Gasteiger partial charge in [-0.1, -0.05) is 42.2 Å². The molecule has 0 N–H and O–H groups in total. The number of nitrogens with zero attached hydrogens (tertiary/aromatic N) is 4. The Kier molecular flexibility index (Phi) is 5.06. The number of benzene rings is 1. The number of likely N-dealkylation sites (N-methyl/N-ethyl adjacent to an activating group) is 1. The molecule has 0 spiro atoms. The lowest BCUT2D eigenvalue weighted by molar-refractivity contribution is -0.121. The first-order valence-corrected chi connectivity index (χ1v) is 10.5. The van der Waals surface area contributed by atoms with E-state index in [2.05, 4.69) is 17.0 Å². The van der Waals surface area contributed by atoms with Crippen molar-refractivity contribution in [1.29, 1.82) is 0 Å². The number of carbonyl (C=O) groups excluding carboxylic acids is 1. The van der Waals surface area contributed by atoms with Gasteiger partial charge in [-0.05, 0) is 44.9 Å². The highest BCUT2D eigenvalue weighted by Crippen LogP contribution is 2.37. The summed E-state index contributed by atoms with van der Waals surface area (Å²) in [4.78, 5) is 17.4. The number of para-hydroxylation sites is 1. The molecule has 7 heteroatoms. The van der Waals surface area contributed by atoms with Crippen molar-refractivity contribution in [1.82, 2.24) is 14.7 Å². The van der Waals surface area contributed by atoms with Crippen molar-refractivity contribution in [3.63, 3.8) is 0 Å². The van der Waals surface area contributed by atoms with E-state index in [1.165, 1.54) is 24.6 Å². The fourth-order valence-electron chi connectivity index (χ4n) is 3.58. The lowest BCUT2D eigenvalue weighted by Crippen LogP contribution is -2.27. The number of thiocarbonyl (C=S) groups is 1. The molecule has 0 unspecified atom stereocenters. The van der Waals surface area contributed by atoms with Crippen LogP contribution in [0.4, 0.5) is 5.82 Å². The molecule has 2 saturated heterocycles. The van der Waals surface area contributed by atoms with Gasteiger partial charge in [-0.2, -0.15) is 5.10 Å². The van der Waals surface area contributed by atoms with E-state index < -0.39 is 0 Å². The van der Waals surface area contributed by atoms with Crippen molar-refractivity contribution in [2.24, 2.45) is 0 Å². The molecule has 2 aromatic rings. The van der Waals surface area contributed by atoms with Crippen LogP contribution in [0.1, 0.15) is 31.0 Å². The van der Waals surface area contributed by atoms with E-state index in [9.17, 15) is 4.79 Å². The minimum Gasteiger partial charge on any atom is -0.356 e. The first kappa shape index (κ1) is 18.3. The quantitative estimate of drug-likeness (QED) is 0.575. The first-order valence-electron chi connectivity index (χ1n) is 9.25. The summed E-state index contributed by atoms with van der Waals surface area (Å²) in [5.41, 5.74) is 2.96. The maximum atomic E-state index is 12.7. The number of carbonyl (C=O) groups is 1. The van der Waals surface area contributed by atoms with Gasteiger partial charge in [0.25, 0.3) is 5.91 Å². The van der Waals surface area contributed by atoms with E-state index in [0.29, 0.717) is 15.8 Å². The molecule has 0 atom stereocenters. The fraction of sp³-hybridized carbons (Fsp3) is 0.350. The van der Waals surface area contributed by atoms with Crippen LogP contribution in [0.3, 0.4) is 0 Å². The van der Waals surface area contributed by atoms with Gasteiger partial charge in [0.15, 0.2) is 0 Å². The predicted octanol–water partition coefficient (Wildman–Crippen LogP) is 4.00. The molecule has 1 aromatic heterocycles. The summed E-state index contributed by atoms with van der Waals surface area (Å²) in [7, 11) is 0. The molecule has 0 aliphatic carbocycles. The second-order valence-corrected chi connectivity index (χ2v) is 8.37. The number of anilines is 1. The van der Waals surface area contributed by atoms with Gasteiger partial charge >= 0.3 is 0 Å². The smallest absolute Gasteiger partial charge is 0.266 e. The van der Waals surface area contributed by atoms with Crippen LogP contribution in [0.25, 0.3) is 11.8 Å². The normalized spacial score (nSPS) is 19.0. The Labute approximate surface area is 169 Å². The molecule has 2 aliphatic rings. The van der Waals surface area contributed by atoms with Crippen molar-refractivity contribution in [2.75, 3.05) is 24.5 Å². The van der Waals surface area contributed by atoms with Crippen LogP contribution in [0.5, 0.6) is 0 Å². The van der Waals surface area contributed by atoms with Gasteiger partial charge in [-0.25, -0.2) is 4.68 Å². The largest absolute Gasteiger partial charge is 0.356 e. The maximum Gasteiger partial charge on any atom is 0.266 e. The van der Waals surface area contributed by atoms with Crippen LogP contribution < -0.4 is 4.90 Å². The third-order valence-corrected chi connectivity index (χ3v) is 6.33. The number of aromatic nitrogens is 2. The Hall–Kier alpha value is -2.12. The molecule has 5 nitrogen and oxygen atoms in total. The average Bonchev–Trinajstić information content (AvgIpc) is 3.36. The molecule has 27 heavy (non-hydrogen) atoms. The fourth-order valence-corrected chi connectivity index (χ4v) is 4.95.